The van der Waals surface area contributed by atoms with Gasteiger partial charge in [-0.1, -0.05) is 0 Å². The number of hydrogen-bond acceptors (Lipinski definition) is 4. The molecule has 0 spiro atoms. The lowest BCUT2D eigenvalue weighted by Crippen LogP contribution is -2.45. The van der Waals surface area contributed by atoms with Gasteiger partial charge in [0, 0.05) is 26.7 Å². The SMILES string of the molecule is CNS(=O)(=O)N1CCC(OCCN)CC1. The minimum absolute atomic E-state index is 0.150. The Morgan fingerprint density at radius 1 is 1.47 bits per heavy atom. The predicted molar refractivity (Wildman–Crippen MR) is 57.6 cm³/mol. The van der Waals surface area contributed by atoms with Crippen molar-refractivity contribution in [3.8, 4) is 0 Å². The molecule has 0 aliphatic carbocycles. The maximum Gasteiger partial charge on any atom is 0.279 e. The molecular formula is C8H19N3O3S. The smallest absolute Gasteiger partial charge is 0.279 e. The molecule has 0 aromatic rings. The number of nitrogens with zero attached hydrogens (tertiary/aromatic N) is 1. The van der Waals surface area contributed by atoms with Gasteiger partial charge < -0.3 is 10.5 Å². The Hall–Kier alpha value is -0.210. The minimum Gasteiger partial charge on any atom is -0.377 e. The van der Waals surface area contributed by atoms with Gasteiger partial charge in [0.05, 0.1) is 12.7 Å². The van der Waals surface area contributed by atoms with Gasteiger partial charge in [-0.3, -0.25) is 0 Å². The van der Waals surface area contributed by atoms with E-state index in [2.05, 4.69) is 4.72 Å². The van der Waals surface area contributed by atoms with E-state index in [-0.39, 0.29) is 6.10 Å². The monoisotopic (exact) mass is 237 g/mol. The second-order valence-electron chi connectivity index (χ2n) is 3.47. The van der Waals surface area contributed by atoms with Crippen molar-refractivity contribution in [3.63, 3.8) is 0 Å². The van der Waals surface area contributed by atoms with Crippen LogP contribution in [0.5, 0.6) is 0 Å². The van der Waals surface area contributed by atoms with Gasteiger partial charge in [0.15, 0.2) is 0 Å². The first-order valence-electron chi connectivity index (χ1n) is 5.10. The summed E-state index contributed by atoms with van der Waals surface area (Å²) in [6.45, 7) is 2.08. The summed E-state index contributed by atoms with van der Waals surface area (Å²) in [7, 11) is -1.84. The summed E-state index contributed by atoms with van der Waals surface area (Å²) in [5.41, 5.74) is 5.32. The molecule has 0 unspecified atom stereocenters. The van der Waals surface area contributed by atoms with E-state index in [0.717, 1.165) is 12.8 Å². The zero-order valence-corrected chi connectivity index (χ0v) is 9.79. The molecule has 0 bridgehead atoms. The van der Waals surface area contributed by atoms with Crippen LogP contribution in [-0.4, -0.2) is 52.1 Å². The first-order chi connectivity index (χ1) is 7.10. The molecule has 1 aliphatic heterocycles. The van der Waals surface area contributed by atoms with Gasteiger partial charge >= 0.3 is 0 Å². The Kier molecular flexibility index (Phi) is 4.94. The number of nitrogens with two attached hydrogens (primary N) is 1. The lowest BCUT2D eigenvalue weighted by Gasteiger charge is -2.30. The van der Waals surface area contributed by atoms with E-state index in [0.29, 0.717) is 26.2 Å². The summed E-state index contributed by atoms with van der Waals surface area (Å²) in [6.07, 6.45) is 1.62. The Bertz CT molecular complexity index is 273. The first kappa shape index (κ1) is 12.9. The third-order valence-corrected chi connectivity index (χ3v) is 4.03. The van der Waals surface area contributed by atoms with Crippen LogP contribution in [0.1, 0.15) is 12.8 Å². The summed E-state index contributed by atoms with van der Waals surface area (Å²) in [6, 6.07) is 0. The average molecular weight is 237 g/mol. The molecule has 15 heavy (non-hydrogen) atoms. The Morgan fingerprint density at radius 2 is 2.07 bits per heavy atom. The third kappa shape index (κ3) is 3.69. The highest BCUT2D eigenvalue weighted by Gasteiger charge is 2.26. The molecule has 7 heteroatoms. The van der Waals surface area contributed by atoms with Gasteiger partial charge in [0.1, 0.15) is 0 Å². The summed E-state index contributed by atoms with van der Waals surface area (Å²) in [5.74, 6) is 0. The van der Waals surface area contributed by atoms with Crippen LogP contribution in [0.25, 0.3) is 0 Å². The molecule has 0 aromatic heterocycles. The van der Waals surface area contributed by atoms with Crippen LogP contribution >= 0.6 is 0 Å². The Labute approximate surface area is 90.9 Å². The van der Waals surface area contributed by atoms with Crippen LogP contribution in [0.2, 0.25) is 0 Å². The molecule has 0 amide bonds. The molecule has 3 N–H and O–H groups in total. The van der Waals surface area contributed by atoms with Crippen molar-refractivity contribution in [3.05, 3.63) is 0 Å². The van der Waals surface area contributed by atoms with Crippen LogP contribution in [0.4, 0.5) is 0 Å². The van der Waals surface area contributed by atoms with E-state index >= 15 is 0 Å². The number of piperidine rings is 1. The van der Waals surface area contributed by atoms with E-state index in [1.165, 1.54) is 11.4 Å². The average Bonchev–Trinajstić information content (AvgIpc) is 2.27. The standard InChI is InChI=1S/C8H19N3O3S/c1-10-15(12,13)11-5-2-8(3-6-11)14-7-4-9/h8,10H,2-7,9H2,1H3. The lowest BCUT2D eigenvalue weighted by atomic mass is 10.1. The van der Waals surface area contributed by atoms with Crippen molar-refractivity contribution in [1.82, 2.24) is 9.03 Å². The second kappa shape index (κ2) is 5.76. The van der Waals surface area contributed by atoms with Crippen molar-refractivity contribution in [2.24, 2.45) is 5.73 Å². The summed E-state index contributed by atoms with van der Waals surface area (Å²) in [4.78, 5) is 0. The fraction of sp³-hybridized carbons (Fsp3) is 1.00. The topological polar surface area (TPSA) is 84.7 Å². The summed E-state index contributed by atoms with van der Waals surface area (Å²) in [5, 5.41) is 0. The van der Waals surface area contributed by atoms with E-state index in [1.807, 2.05) is 0 Å². The fourth-order valence-electron chi connectivity index (χ4n) is 1.60. The van der Waals surface area contributed by atoms with E-state index in [9.17, 15) is 8.42 Å². The maximum absolute atomic E-state index is 11.4. The van der Waals surface area contributed by atoms with Crippen molar-refractivity contribution < 1.29 is 13.2 Å². The molecule has 0 atom stereocenters. The third-order valence-electron chi connectivity index (χ3n) is 2.47. The van der Waals surface area contributed by atoms with Crippen molar-refractivity contribution in [2.75, 3.05) is 33.3 Å². The number of nitrogens with one attached hydrogen (secondary N) is 1. The molecule has 0 radical (unpaired) electrons. The van der Waals surface area contributed by atoms with Gasteiger partial charge in [-0.25, -0.2) is 4.72 Å². The number of hydrogen-bond donors (Lipinski definition) is 2. The molecular weight excluding hydrogens is 218 g/mol. The van der Waals surface area contributed by atoms with Crippen LogP contribution in [-0.2, 0) is 14.9 Å². The highest BCUT2D eigenvalue weighted by Crippen LogP contribution is 2.15. The van der Waals surface area contributed by atoms with Gasteiger partial charge in [-0.2, -0.15) is 12.7 Å². The molecule has 0 aromatic carbocycles. The summed E-state index contributed by atoms with van der Waals surface area (Å²) >= 11 is 0. The van der Waals surface area contributed by atoms with Crippen molar-refractivity contribution in [1.29, 1.82) is 0 Å². The molecule has 1 aliphatic rings. The van der Waals surface area contributed by atoms with E-state index in [1.54, 1.807) is 0 Å². The van der Waals surface area contributed by atoms with Crippen LogP contribution in [0.3, 0.4) is 0 Å². The largest absolute Gasteiger partial charge is 0.377 e. The van der Waals surface area contributed by atoms with E-state index in [4.69, 9.17) is 10.5 Å². The molecule has 1 rings (SSSR count). The minimum atomic E-state index is -3.26. The van der Waals surface area contributed by atoms with Crippen molar-refractivity contribution in [2.45, 2.75) is 18.9 Å². The van der Waals surface area contributed by atoms with Crippen LogP contribution in [0.15, 0.2) is 0 Å². The normalized spacial score (nSPS) is 20.7. The van der Waals surface area contributed by atoms with Gasteiger partial charge in [-0.15, -0.1) is 0 Å². The first-order valence-corrected chi connectivity index (χ1v) is 6.54. The Morgan fingerprint density at radius 3 is 2.53 bits per heavy atom. The fourth-order valence-corrected chi connectivity index (χ4v) is 2.55. The number of ether oxygens (including phenoxy) is 1. The quantitative estimate of drug-likeness (QED) is 0.635. The van der Waals surface area contributed by atoms with Crippen LogP contribution < -0.4 is 10.5 Å². The maximum atomic E-state index is 11.4. The second-order valence-corrected chi connectivity index (χ2v) is 5.34. The molecule has 1 heterocycles. The zero-order chi connectivity index (χ0) is 11.3. The molecule has 90 valence electrons. The zero-order valence-electron chi connectivity index (χ0n) is 8.98. The highest BCUT2D eigenvalue weighted by atomic mass is 32.2. The van der Waals surface area contributed by atoms with E-state index < -0.39 is 10.2 Å². The summed E-state index contributed by atoms with van der Waals surface area (Å²) < 4.78 is 32.1. The number of rotatable bonds is 5. The molecule has 0 saturated carbocycles. The molecule has 1 fully saturated rings. The Balaban J connectivity index is 2.36. The van der Waals surface area contributed by atoms with Gasteiger partial charge in [0.2, 0.25) is 0 Å². The highest BCUT2D eigenvalue weighted by molar-refractivity contribution is 7.87. The lowest BCUT2D eigenvalue weighted by molar-refractivity contribution is 0.0256. The van der Waals surface area contributed by atoms with Gasteiger partial charge in [-0.05, 0) is 12.8 Å². The predicted octanol–water partition coefficient (Wildman–Crippen LogP) is -1.11. The van der Waals surface area contributed by atoms with Crippen LogP contribution in [0, 0.1) is 0 Å². The molecule has 1 saturated heterocycles. The molecule has 6 nitrogen and oxygen atoms in total. The van der Waals surface area contributed by atoms with Crippen molar-refractivity contribution >= 4 is 10.2 Å². The van der Waals surface area contributed by atoms with Gasteiger partial charge in [0.25, 0.3) is 10.2 Å².